The lowest BCUT2D eigenvalue weighted by molar-refractivity contribution is -0.140. The average Bonchev–Trinajstić information content (AvgIpc) is 2.57. The van der Waals surface area contributed by atoms with Crippen LogP contribution in [-0.4, -0.2) is 44.6 Å². The predicted molar refractivity (Wildman–Crippen MR) is 82.5 cm³/mol. The summed E-state index contributed by atoms with van der Waals surface area (Å²) in [5.41, 5.74) is 0.314. The maximum atomic E-state index is 12.1. The Morgan fingerprint density at radius 2 is 1.74 bits per heavy atom. The first-order valence-electron chi connectivity index (χ1n) is 6.33. The Hall–Kier alpha value is -1.96. The Kier molecular flexibility index (Phi) is 5.35. The van der Waals surface area contributed by atoms with E-state index in [2.05, 4.69) is 4.74 Å². The number of aromatic hydroxyl groups is 1. The number of methoxy groups -OCH3 is 2. The molecule has 0 unspecified atom stereocenters. The molecule has 0 bridgehead atoms. The van der Waals surface area contributed by atoms with E-state index < -0.39 is 11.9 Å². The van der Waals surface area contributed by atoms with Crippen molar-refractivity contribution in [2.75, 3.05) is 32.5 Å². The second-order valence-corrected chi connectivity index (χ2v) is 5.29. The molecule has 1 aliphatic heterocycles. The van der Waals surface area contributed by atoms with Crippen molar-refractivity contribution in [2.24, 2.45) is 0 Å². The summed E-state index contributed by atoms with van der Waals surface area (Å²) in [5, 5.41) is 9.61. The first kappa shape index (κ1) is 17.4. The normalized spacial score (nSPS) is 14.7. The molecule has 1 aromatic rings. The Morgan fingerprint density at radius 1 is 1.17 bits per heavy atom. The third-order valence-electron chi connectivity index (χ3n) is 3.15. The molecule has 0 fully saturated rings. The van der Waals surface area contributed by atoms with Crippen LogP contribution in [0.4, 0.5) is 5.69 Å². The Morgan fingerprint density at radius 3 is 2.26 bits per heavy atom. The molecule has 9 heteroatoms. The van der Waals surface area contributed by atoms with Crippen LogP contribution in [0.15, 0.2) is 23.4 Å². The largest absolute Gasteiger partial charge is 0.505 e. The minimum atomic E-state index is -0.742. The third kappa shape index (κ3) is 3.36. The van der Waals surface area contributed by atoms with E-state index in [1.54, 1.807) is 0 Å². The lowest BCUT2D eigenvalue weighted by Crippen LogP contribution is -2.38. The molecular weight excluding hydrogens is 349 g/mol. The van der Waals surface area contributed by atoms with Crippen molar-refractivity contribution in [3.8, 4) is 5.75 Å². The highest BCUT2D eigenvalue weighted by atomic mass is 35.5. The van der Waals surface area contributed by atoms with E-state index in [-0.39, 0.29) is 40.4 Å². The fourth-order valence-electron chi connectivity index (χ4n) is 2.06. The van der Waals surface area contributed by atoms with Crippen LogP contribution in [0.3, 0.4) is 0 Å². The van der Waals surface area contributed by atoms with E-state index in [4.69, 9.17) is 32.7 Å². The van der Waals surface area contributed by atoms with Gasteiger partial charge in [-0.1, -0.05) is 23.2 Å². The van der Waals surface area contributed by atoms with Gasteiger partial charge in [0.1, 0.15) is 12.4 Å². The van der Waals surface area contributed by atoms with Crippen molar-refractivity contribution < 1.29 is 28.9 Å². The molecule has 7 nitrogen and oxygen atoms in total. The number of esters is 2. The van der Waals surface area contributed by atoms with Gasteiger partial charge in [0.2, 0.25) is 0 Å². The second-order valence-electron chi connectivity index (χ2n) is 4.47. The minimum absolute atomic E-state index is 0.00548. The summed E-state index contributed by atoms with van der Waals surface area (Å²) in [5.74, 6) is -1.74. The van der Waals surface area contributed by atoms with Crippen molar-refractivity contribution in [3.05, 3.63) is 33.4 Å². The van der Waals surface area contributed by atoms with Crippen LogP contribution in [0.5, 0.6) is 5.75 Å². The first-order chi connectivity index (χ1) is 10.9. The van der Waals surface area contributed by atoms with Crippen molar-refractivity contribution in [2.45, 2.75) is 0 Å². The minimum Gasteiger partial charge on any atom is -0.505 e. The number of carbonyl (C=O) groups is 2. The SMILES string of the molecule is COC(=O)C1=C(C(=O)OC)N(c2cc(Cl)c(O)c(Cl)c2)COC1. The average molecular weight is 362 g/mol. The molecular formula is C14H13Cl2NO6. The molecule has 0 saturated heterocycles. The van der Waals surface area contributed by atoms with E-state index in [9.17, 15) is 14.7 Å². The van der Waals surface area contributed by atoms with Gasteiger partial charge in [0, 0.05) is 5.69 Å². The number of ether oxygens (including phenoxy) is 3. The van der Waals surface area contributed by atoms with E-state index in [0.717, 1.165) is 0 Å². The number of carbonyl (C=O) groups excluding carboxylic acids is 2. The Balaban J connectivity index is 2.59. The molecule has 1 N–H and O–H groups in total. The van der Waals surface area contributed by atoms with Gasteiger partial charge >= 0.3 is 11.9 Å². The summed E-state index contributed by atoms with van der Waals surface area (Å²) >= 11 is 11.8. The zero-order valence-electron chi connectivity index (χ0n) is 12.3. The first-order valence-corrected chi connectivity index (χ1v) is 7.09. The third-order valence-corrected chi connectivity index (χ3v) is 3.72. The smallest absolute Gasteiger partial charge is 0.355 e. The summed E-state index contributed by atoms with van der Waals surface area (Å²) < 4.78 is 14.7. The molecule has 124 valence electrons. The molecule has 1 aromatic carbocycles. The molecule has 1 heterocycles. The molecule has 1 aliphatic rings. The van der Waals surface area contributed by atoms with Crippen LogP contribution in [0.2, 0.25) is 10.0 Å². The summed E-state index contributed by atoms with van der Waals surface area (Å²) in [4.78, 5) is 25.4. The summed E-state index contributed by atoms with van der Waals surface area (Å²) in [6.07, 6.45) is 0. The summed E-state index contributed by atoms with van der Waals surface area (Å²) in [6.45, 7) is -0.143. The van der Waals surface area contributed by atoms with Gasteiger partial charge in [0.15, 0.2) is 5.75 Å². The zero-order chi connectivity index (χ0) is 17.1. The fourth-order valence-corrected chi connectivity index (χ4v) is 2.53. The standard InChI is InChI=1S/C14H13Cl2NO6/c1-21-13(19)8-5-23-6-17(11(8)14(20)22-2)7-3-9(15)12(18)10(16)4-7/h3-4,18H,5-6H2,1-2H3. The van der Waals surface area contributed by atoms with E-state index >= 15 is 0 Å². The Labute approximate surface area is 141 Å². The van der Waals surface area contributed by atoms with Crippen LogP contribution >= 0.6 is 23.2 Å². The number of nitrogens with zero attached hydrogens (tertiary/aromatic N) is 1. The molecule has 0 spiro atoms. The van der Waals surface area contributed by atoms with Crippen LogP contribution in [0, 0.1) is 0 Å². The molecule has 23 heavy (non-hydrogen) atoms. The number of phenols is 1. The zero-order valence-corrected chi connectivity index (χ0v) is 13.8. The highest BCUT2D eigenvalue weighted by molar-refractivity contribution is 6.37. The van der Waals surface area contributed by atoms with E-state index in [1.807, 2.05) is 0 Å². The number of halogens is 2. The van der Waals surface area contributed by atoms with Crippen LogP contribution in [-0.2, 0) is 23.8 Å². The predicted octanol–water partition coefficient (Wildman–Crippen LogP) is 2.09. The van der Waals surface area contributed by atoms with Crippen LogP contribution in [0.25, 0.3) is 0 Å². The van der Waals surface area contributed by atoms with Gasteiger partial charge in [0.25, 0.3) is 0 Å². The highest BCUT2D eigenvalue weighted by Crippen LogP contribution is 2.38. The molecule has 0 amide bonds. The molecule has 0 aromatic heterocycles. The maximum absolute atomic E-state index is 12.1. The van der Waals surface area contributed by atoms with Crippen molar-refractivity contribution in [1.82, 2.24) is 0 Å². The van der Waals surface area contributed by atoms with E-state index in [0.29, 0.717) is 5.69 Å². The number of benzene rings is 1. The van der Waals surface area contributed by atoms with Crippen molar-refractivity contribution in [1.29, 1.82) is 0 Å². The fraction of sp³-hybridized carbons (Fsp3) is 0.286. The summed E-state index contributed by atoms with van der Waals surface area (Å²) in [7, 11) is 2.38. The molecule has 0 radical (unpaired) electrons. The van der Waals surface area contributed by atoms with Gasteiger partial charge in [-0.25, -0.2) is 9.59 Å². The van der Waals surface area contributed by atoms with Gasteiger partial charge < -0.3 is 24.2 Å². The molecule has 0 aliphatic carbocycles. The maximum Gasteiger partial charge on any atom is 0.355 e. The van der Waals surface area contributed by atoms with Crippen LogP contribution in [0.1, 0.15) is 0 Å². The van der Waals surface area contributed by atoms with Gasteiger partial charge in [0.05, 0.1) is 36.4 Å². The molecule has 0 atom stereocenters. The quantitative estimate of drug-likeness (QED) is 0.824. The summed E-state index contributed by atoms with van der Waals surface area (Å²) in [6, 6.07) is 2.77. The molecule has 2 rings (SSSR count). The van der Waals surface area contributed by atoms with Gasteiger partial charge in [-0.3, -0.25) is 0 Å². The van der Waals surface area contributed by atoms with Gasteiger partial charge in [-0.2, -0.15) is 0 Å². The number of rotatable bonds is 3. The number of hydrogen-bond donors (Lipinski definition) is 1. The second kappa shape index (κ2) is 7.08. The lowest BCUT2D eigenvalue weighted by atomic mass is 10.1. The topological polar surface area (TPSA) is 85.3 Å². The number of anilines is 1. The van der Waals surface area contributed by atoms with Crippen LogP contribution < -0.4 is 4.90 Å². The lowest BCUT2D eigenvalue weighted by Gasteiger charge is -2.31. The monoisotopic (exact) mass is 361 g/mol. The number of hydrogen-bond acceptors (Lipinski definition) is 7. The van der Waals surface area contributed by atoms with Gasteiger partial charge in [-0.15, -0.1) is 0 Å². The van der Waals surface area contributed by atoms with Crippen molar-refractivity contribution in [3.63, 3.8) is 0 Å². The van der Waals surface area contributed by atoms with Crippen molar-refractivity contribution >= 4 is 40.8 Å². The highest BCUT2D eigenvalue weighted by Gasteiger charge is 2.32. The van der Waals surface area contributed by atoms with E-state index in [1.165, 1.54) is 31.3 Å². The molecule has 0 saturated carbocycles. The van der Waals surface area contributed by atoms with Gasteiger partial charge in [-0.05, 0) is 12.1 Å². The Bertz CT molecular complexity index is 665. The number of phenolic OH excluding ortho intramolecular Hbond substituents is 1.